The Balaban J connectivity index is 1.73. The third-order valence-corrected chi connectivity index (χ3v) is 3.50. The van der Waals surface area contributed by atoms with Crippen molar-refractivity contribution >= 4 is 0 Å². The quantitative estimate of drug-likeness (QED) is 0.865. The van der Waals surface area contributed by atoms with Gasteiger partial charge in [-0.15, -0.1) is 0 Å². The normalized spacial score (nSPS) is 17.7. The van der Waals surface area contributed by atoms with Gasteiger partial charge in [0.1, 0.15) is 11.6 Å². The second-order valence-corrected chi connectivity index (χ2v) is 4.57. The molecule has 3 rings (SSSR count). The van der Waals surface area contributed by atoms with E-state index >= 15 is 0 Å². The Morgan fingerprint density at radius 2 is 2.44 bits per heavy atom. The molecule has 0 amide bonds. The maximum Gasteiger partial charge on any atom is 0.120 e. The molecule has 0 radical (unpaired) electrons. The summed E-state index contributed by atoms with van der Waals surface area (Å²) in [5.74, 6) is 1.91. The Kier molecular flexibility index (Phi) is 3.02. The highest BCUT2D eigenvalue weighted by molar-refractivity contribution is 5.40. The molecule has 2 aromatic rings. The number of methoxy groups -OCH3 is 1. The molecule has 18 heavy (non-hydrogen) atoms. The van der Waals surface area contributed by atoms with Gasteiger partial charge in [0.05, 0.1) is 13.7 Å². The summed E-state index contributed by atoms with van der Waals surface area (Å²) in [6.45, 7) is 0.772. The van der Waals surface area contributed by atoms with E-state index in [1.165, 1.54) is 11.1 Å². The van der Waals surface area contributed by atoms with E-state index in [9.17, 15) is 0 Å². The SMILES string of the molecule is COc1ccc2c(c1)C(NCc1ncc[nH]1)CC2. The second kappa shape index (κ2) is 4.82. The van der Waals surface area contributed by atoms with Crippen LogP contribution < -0.4 is 10.1 Å². The number of aromatic nitrogens is 2. The lowest BCUT2D eigenvalue weighted by Gasteiger charge is -2.13. The summed E-state index contributed by atoms with van der Waals surface area (Å²) in [4.78, 5) is 7.33. The first-order valence-corrected chi connectivity index (χ1v) is 6.25. The number of fused-ring (bicyclic) bond motifs is 1. The smallest absolute Gasteiger partial charge is 0.120 e. The van der Waals surface area contributed by atoms with Gasteiger partial charge in [-0.2, -0.15) is 0 Å². The molecule has 0 spiro atoms. The van der Waals surface area contributed by atoms with Crippen LogP contribution in [0.25, 0.3) is 0 Å². The summed E-state index contributed by atoms with van der Waals surface area (Å²) in [5, 5.41) is 3.54. The minimum absolute atomic E-state index is 0.403. The van der Waals surface area contributed by atoms with Crippen LogP contribution >= 0.6 is 0 Å². The van der Waals surface area contributed by atoms with Gasteiger partial charge in [0, 0.05) is 18.4 Å². The van der Waals surface area contributed by atoms with Gasteiger partial charge in [0.25, 0.3) is 0 Å². The van der Waals surface area contributed by atoms with Gasteiger partial charge in [0.15, 0.2) is 0 Å². The van der Waals surface area contributed by atoms with Gasteiger partial charge < -0.3 is 15.0 Å². The standard InChI is InChI=1S/C14H17N3O/c1-18-11-4-2-10-3-5-13(12(10)8-11)17-9-14-15-6-7-16-14/h2,4,6-8,13,17H,3,5,9H2,1H3,(H,15,16). The summed E-state index contributed by atoms with van der Waals surface area (Å²) >= 11 is 0. The lowest BCUT2D eigenvalue weighted by Crippen LogP contribution is -2.19. The average Bonchev–Trinajstić information content (AvgIpc) is 3.05. The number of benzene rings is 1. The van der Waals surface area contributed by atoms with Gasteiger partial charge in [-0.25, -0.2) is 4.98 Å². The third kappa shape index (κ3) is 2.11. The van der Waals surface area contributed by atoms with Crippen LogP contribution in [0, 0.1) is 0 Å². The van der Waals surface area contributed by atoms with E-state index in [0.717, 1.165) is 31.0 Å². The van der Waals surface area contributed by atoms with E-state index in [1.54, 1.807) is 13.3 Å². The maximum absolute atomic E-state index is 5.29. The van der Waals surface area contributed by atoms with E-state index in [0.29, 0.717) is 6.04 Å². The first kappa shape index (κ1) is 11.3. The van der Waals surface area contributed by atoms with Crippen LogP contribution in [0.2, 0.25) is 0 Å². The number of hydrogen-bond donors (Lipinski definition) is 2. The molecule has 1 aromatic heterocycles. The van der Waals surface area contributed by atoms with Crippen LogP contribution in [0.1, 0.15) is 29.4 Å². The summed E-state index contributed by atoms with van der Waals surface area (Å²) in [6, 6.07) is 6.75. The van der Waals surface area contributed by atoms with E-state index in [2.05, 4.69) is 27.4 Å². The van der Waals surface area contributed by atoms with E-state index < -0.39 is 0 Å². The molecule has 2 N–H and O–H groups in total. The van der Waals surface area contributed by atoms with Gasteiger partial charge in [0.2, 0.25) is 0 Å². The first-order valence-electron chi connectivity index (χ1n) is 6.25. The van der Waals surface area contributed by atoms with Crippen LogP contribution in [-0.2, 0) is 13.0 Å². The molecule has 1 unspecified atom stereocenters. The van der Waals surface area contributed by atoms with Crippen molar-refractivity contribution in [2.75, 3.05) is 7.11 Å². The van der Waals surface area contributed by atoms with Gasteiger partial charge in [-0.3, -0.25) is 0 Å². The molecule has 4 heteroatoms. The molecule has 94 valence electrons. The Labute approximate surface area is 106 Å². The Bertz CT molecular complexity index is 522. The zero-order valence-electron chi connectivity index (χ0n) is 10.4. The van der Waals surface area contributed by atoms with Crippen LogP contribution in [0.3, 0.4) is 0 Å². The highest BCUT2D eigenvalue weighted by Gasteiger charge is 2.22. The summed E-state index contributed by atoms with van der Waals surface area (Å²) in [7, 11) is 1.71. The number of nitrogens with one attached hydrogen (secondary N) is 2. The van der Waals surface area contributed by atoms with Crippen molar-refractivity contribution in [2.24, 2.45) is 0 Å². The Hall–Kier alpha value is -1.81. The third-order valence-electron chi connectivity index (χ3n) is 3.50. The average molecular weight is 243 g/mol. The summed E-state index contributed by atoms with van der Waals surface area (Å²) in [5.41, 5.74) is 2.79. The number of aryl methyl sites for hydroxylation is 1. The fraction of sp³-hybridized carbons (Fsp3) is 0.357. The summed E-state index contributed by atoms with van der Waals surface area (Å²) < 4.78 is 5.29. The predicted octanol–water partition coefficient (Wildman–Crippen LogP) is 2.20. The zero-order valence-corrected chi connectivity index (χ0v) is 10.4. The van der Waals surface area contributed by atoms with Crippen LogP contribution in [-0.4, -0.2) is 17.1 Å². The van der Waals surface area contributed by atoms with Gasteiger partial charge in [-0.1, -0.05) is 6.07 Å². The maximum atomic E-state index is 5.29. The van der Waals surface area contributed by atoms with Crippen molar-refractivity contribution in [3.05, 3.63) is 47.5 Å². The Morgan fingerprint density at radius 1 is 1.50 bits per heavy atom. The Morgan fingerprint density at radius 3 is 3.22 bits per heavy atom. The largest absolute Gasteiger partial charge is 0.497 e. The number of rotatable bonds is 4. The zero-order chi connectivity index (χ0) is 12.4. The minimum Gasteiger partial charge on any atom is -0.497 e. The molecular formula is C14H17N3O. The van der Waals surface area contributed by atoms with Crippen LogP contribution in [0.4, 0.5) is 0 Å². The minimum atomic E-state index is 0.403. The lowest BCUT2D eigenvalue weighted by atomic mass is 10.1. The molecule has 0 saturated carbocycles. The molecule has 0 fully saturated rings. The highest BCUT2D eigenvalue weighted by atomic mass is 16.5. The van der Waals surface area contributed by atoms with E-state index in [-0.39, 0.29) is 0 Å². The van der Waals surface area contributed by atoms with Crippen LogP contribution in [0.15, 0.2) is 30.6 Å². The van der Waals surface area contributed by atoms with Crippen molar-refractivity contribution < 1.29 is 4.74 Å². The molecule has 0 saturated heterocycles. The van der Waals surface area contributed by atoms with E-state index in [1.807, 2.05) is 12.3 Å². The van der Waals surface area contributed by atoms with Crippen molar-refractivity contribution in [3.8, 4) is 5.75 Å². The number of imidazole rings is 1. The monoisotopic (exact) mass is 243 g/mol. The number of hydrogen-bond acceptors (Lipinski definition) is 3. The topological polar surface area (TPSA) is 49.9 Å². The molecule has 1 aliphatic carbocycles. The fourth-order valence-electron chi connectivity index (χ4n) is 2.53. The first-order chi connectivity index (χ1) is 8.86. The molecule has 0 bridgehead atoms. The number of ether oxygens (including phenoxy) is 1. The number of aromatic amines is 1. The van der Waals surface area contributed by atoms with Crippen molar-refractivity contribution in [1.82, 2.24) is 15.3 Å². The van der Waals surface area contributed by atoms with Crippen molar-refractivity contribution in [1.29, 1.82) is 0 Å². The van der Waals surface area contributed by atoms with Gasteiger partial charge in [-0.05, 0) is 36.1 Å². The lowest BCUT2D eigenvalue weighted by molar-refractivity contribution is 0.413. The molecule has 1 atom stereocenters. The van der Waals surface area contributed by atoms with Gasteiger partial charge >= 0.3 is 0 Å². The van der Waals surface area contributed by atoms with Crippen LogP contribution in [0.5, 0.6) is 5.75 Å². The predicted molar refractivity (Wildman–Crippen MR) is 69.5 cm³/mol. The number of nitrogens with zero attached hydrogens (tertiary/aromatic N) is 1. The molecule has 1 heterocycles. The molecule has 4 nitrogen and oxygen atoms in total. The fourth-order valence-corrected chi connectivity index (χ4v) is 2.53. The molecule has 0 aliphatic heterocycles. The molecule has 1 aliphatic rings. The highest BCUT2D eigenvalue weighted by Crippen LogP contribution is 2.33. The second-order valence-electron chi connectivity index (χ2n) is 4.57. The molecular weight excluding hydrogens is 226 g/mol. The van der Waals surface area contributed by atoms with Crippen molar-refractivity contribution in [3.63, 3.8) is 0 Å². The van der Waals surface area contributed by atoms with Crippen molar-refractivity contribution in [2.45, 2.75) is 25.4 Å². The molecule has 1 aromatic carbocycles. The summed E-state index contributed by atoms with van der Waals surface area (Å²) in [6.07, 6.45) is 5.91. The number of H-pyrrole nitrogens is 1. The van der Waals surface area contributed by atoms with E-state index in [4.69, 9.17) is 4.74 Å².